The zero-order chi connectivity index (χ0) is 14.2. The van der Waals surface area contributed by atoms with Crippen LogP contribution in [0, 0.1) is 5.92 Å². The smallest absolute Gasteiger partial charge is 0.326 e. The van der Waals surface area contributed by atoms with E-state index >= 15 is 0 Å². The Kier molecular flexibility index (Phi) is 3.46. The molecule has 5 nitrogen and oxygen atoms in total. The van der Waals surface area contributed by atoms with Crippen molar-refractivity contribution in [2.24, 2.45) is 20.0 Å². The maximum absolute atomic E-state index is 11.8. The maximum atomic E-state index is 11.8. The van der Waals surface area contributed by atoms with E-state index in [0.717, 1.165) is 16.7 Å². The number of carbonyl (C=O) groups excluding carboxylic acids is 1. The van der Waals surface area contributed by atoms with Crippen molar-refractivity contribution < 1.29 is 4.79 Å². The fourth-order valence-electron chi connectivity index (χ4n) is 2.17. The minimum absolute atomic E-state index is 0.00437. The summed E-state index contributed by atoms with van der Waals surface area (Å²) in [5, 5.41) is 2.86. The van der Waals surface area contributed by atoms with Crippen LogP contribution in [0.5, 0.6) is 0 Å². The number of imidazole rings is 1. The minimum Gasteiger partial charge on any atom is -0.326 e. The number of hydrogen-bond acceptors (Lipinski definition) is 2. The van der Waals surface area contributed by atoms with E-state index in [0.29, 0.717) is 12.3 Å². The van der Waals surface area contributed by atoms with Gasteiger partial charge in [0.15, 0.2) is 0 Å². The molecule has 1 heterocycles. The first kappa shape index (κ1) is 13.4. The molecule has 0 aliphatic heterocycles. The molecule has 1 amide bonds. The van der Waals surface area contributed by atoms with Gasteiger partial charge in [-0.05, 0) is 24.1 Å². The SMILES string of the molecule is CC(C)CC(=O)Nc1ccc2c(c1)n(C)c(=O)n2C. The van der Waals surface area contributed by atoms with E-state index in [1.807, 2.05) is 32.0 Å². The summed E-state index contributed by atoms with van der Waals surface area (Å²) in [5.74, 6) is 0.320. The first-order valence-electron chi connectivity index (χ1n) is 6.35. The van der Waals surface area contributed by atoms with Crippen molar-refractivity contribution in [3.63, 3.8) is 0 Å². The number of carbonyl (C=O) groups is 1. The number of nitrogens with zero attached hydrogens (tertiary/aromatic N) is 2. The Morgan fingerprint density at radius 3 is 2.47 bits per heavy atom. The summed E-state index contributed by atoms with van der Waals surface area (Å²) in [6.45, 7) is 4.01. The minimum atomic E-state index is -0.0688. The molecule has 0 spiro atoms. The summed E-state index contributed by atoms with van der Waals surface area (Å²) in [6, 6.07) is 5.50. The molecule has 2 aromatic rings. The summed E-state index contributed by atoms with van der Waals surface area (Å²) < 4.78 is 3.17. The van der Waals surface area contributed by atoms with Gasteiger partial charge in [-0.3, -0.25) is 13.9 Å². The van der Waals surface area contributed by atoms with Crippen molar-refractivity contribution in [2.45, 2.75) is 20.3 Å². The van der Waals surface area contributed by atoms with Gasteiger partial charge in [-0.15, -0.1) is 0 Å². The lowest BCUT2D eigenvalue weighted by molar-refractivity contribution is -0.116. The first-order chi connectivity index (χ1) is 8.90. The molecule has 0 aliphatic carbocycles. The van der Waals surface area contributed by atoms with E-state index in [1.54, 1.807) is 23.2 Å². The molecular formula is C14H19N3O2. The summed E-state index contributed by atoms with van der Waals surface area (Å²) >= 11 is 0. The Morgan fingerprint density at radius 1 is 1.21 bits per heavy atom. The van der Waals surface area contributed by atoms with E-state index in [1.165, 1.54) is 0 Å². The summed E-state index contributed by atoms with van der Waals surface area (Å²) in [7, 11) is 3.46. The number of amides is 1. The fourth-order valence-corrected chi connectivity index (χ4v) is 2.17. The summed E-state index contributed by atoms with van der Waals surface area (Å²) in [4.78, 5) is 23.5. The van der Waals surface area contributed by atoms with Crippen LogP contribution in [0.25, 0.3) is 11.0 Å². The van der Waals surface area contributed by atoms with Crippen molar-refractivity contribution in [3.05, 3.63) is 28.7 Å². The van der Waals surface area contributed by atoms with Gasteiger partial charge in [-0.1, -0.05) is 13.8 Å². The Morgan fingerprint density at radius 2 is 1.84 bits per heavy atom. The number of aryl methyl sites for hydroxylation is 2. The molecule has 0 unspecified atom stereocenters. The molecule has 0 fully saturated rings. The molecular weight excluding hydrogens is 242 g/mol. The van der Waals surface area contributed by atoms with Crippen LogP contribution in [-0.2, 0) is 18.9 Å². The zero-order valence-electron chi connectivity index (χ0n) is 11.7. The van der Waals surface area contributed by atoms with Crippen molar-refractivity contribution in [3.8, 4) is 0 Å². The van der Waals surface area contributed by atoms with Gasteiger partial charge in [0.2, 0.25) is 5.91 Å². The summed E-state index contributed by atoms with van der Waals surface area (Å²) in [5.41, 5.74) is 2.32. The zero-order valence-corrected chi connectivity index (χ0v) is 11.7. The average Bonchev–Trinajstić information content (AvgIpc) is 2.53. The lowest BCUT2D eigenvalue weighted by Gasteiger charge is -2.07. The third-order valence-corrected chi connectivity index (χ3v) is 3.15. The fraction of sp³-hybridized carbons (Fsp3) is 0.429. The van der Waals surface area contributed by atoms with E-state index in [4.69, 9.17) is 0 Å². The topological polar surface area (TPSA) is 56.0 Å². The average molecular weight is 261 g/mol. The molecule has 1 N–H and O–H groups in total. The molecule has 19 heavy (non-hydrogen) atoms. The van der Waals surface area contributed by atoms with E-state index < -0.39 is 0 Å². The molecule has 0 atom stereocenters. The van der Waals surface area contributed by atoms with Crippen LogP contribution in [0.2, 0.25) is 0 Å². The molecule has 0 aliphatic rings. The molecule has 5 heteroatoms. The van der Waals surface area contributed by atoms with Gasteiger partial charge in [0.25, 0.3) is 0 Å². The molecule has 0 radical (unpaired) electrons. The number of anilines is 1. The quantitative estimate of drug-likeness (QED) is 0.917. The Balaban J connectivity index is 2.35. The van der Waals surface area contributed by atoms with Gasteiger partial charge < -0.3 is 5.32 Å². The van der Waals surface area contributed by atoms with Gasteiger partial charge in [0.05, 0.1) is 11.0 Å². The van der Waals surface area contributed by atoms with Crippen LogP contribution in [-0.4, -0.2) is 15.0 Å². The lowest BCUT2D eigenvalue weighted by Crippen LogP contribution is -2.19. The predicted molar refractivity (Wildman–Crippen MR) is 76.2 cm³/mol. The number of nitrogens with one attached hydrogen (secondary N) is 1. The molecule has 1 aromatic heterocycles. The first-order valence-corrected chi connectivity index (χ1v) is 6.35. The van der Waals surface area contributed by atoms with Crippen LogP contribution in [0.3, 0.4) is 0 Å². The lowest BCUT2D eigenvalue weighted by atomic mass is 10.1. The molecule has 0 saturated carbocycles. The monoisotopic (exact) mass is 261 g/mol. The summed E-state index contributed by atoms with van der Waals surface area (Å²) in [6.07, 6.45) is 0.492. The second kappa shape index (κ2) is 4.91. The second-order valence-electron chi connectivity index (χ2n) is 5.25. The third-order valence-electron chi connectivity index (χ3n) is 3.15. The highest BCUT2D eigenvalue weighted by molar-refractivity contribution is 5.93. The van der Waals surface area contributed by atoms with Crippen LogP contribution >= 0.6 is 0 Å². The van der Waals surface area contributed by atoms with E-state index in [2.05, 4.69) is 5.32 Å². The van der Waals surface area contributed by atoms with Crippen molar-refractivity contribution in [1.82, 2.24) is 9.13 Å². The number of fused-ring (bicyclic) bond motifs is 1. The number of hydrogen-bond donors (Lipinski definition) is 1. The largest absolute Gasteiger partial charge is 0.328 e. The third kappa shape index (κ3) is 2.54. The van der Waals surface area contributed by atoms with Crippen LogP contribution < -0.4 is 11.0 Å². The van der Waals surface area contributed by atoms with Crippen molar-refractivity contribution >= 4 is 22.6 Å². The van der Waals surface area contributed by atoms with E-state index in [9.17, 15) is 9.59 Å². The Hall–Kier alpha value is -2.04. The molecule has 102 valence electrons. The molecule has 0 saturated heterocycles. The predicted octanol–water partition coefficient (Wildman–Crippen LogP) is 1.86. The number of aromatic nitrogens is 2. The number of benzene rings is 1. The van der Waals surface area contributed by atoms with Gasteiger partial charge in [-0.25, -0.2) is 4.79 Å². The highest BCUT2D eigenvalue weighted by Gasteiger charge is 2.10. The Labute approximate surface area is 111 Å². The highest BCUT2D eigenvalue weighted by atomic mass is 16.2. The van der Waals surface area contributed by atoms with Crippen molar-refractivity contribution in [2.75, 3.05) is 5.32 Å². The molecule has 2 rings (SSSR count). The Bertz CT molecular complexity index is 680. The normalized spacial score (nSPS) is 11.2. The van der Waals surface area contributed by atoms with Crippen LogP contribution in [0.4, 0.5) is 5.69 Å². The van der Waals surface area contributed by atoms with E-state index in [-0.39, 0.29) is 11.6 Å². The van der Waals surface area contributed by atoms with Crippen LogP contribution in [0.1, 0.15) is 20.3 Å². The van der Waals surface area contributed by atoms with Gasteiger partial charge in [-0.2, -0.15) is 0 Å². The highest BCUT2D eigenvalue weighted by Crippen LogP contribution is 2.18. The van der Waals surface area contributed by atoms with Crippen LogP contribution in [0.15, 0.2) is 23.0 Å². The second-order valence-corrected chi connectivity index (χ2v) is 5.25. The van der Waals surface area contributed by atoms with Gasteiger partial charge >= 0.3 is 5.69 Å². The number of rotatable bonds is 3. The standard InChI is InChI=1S/C14H19N3O2/c1-9(2)7-13(18)15-10-5-6-11-12(8-10)17(4)14(19)16(11)3/h5-6,8-9H,7H2,1-4H3,(H,15,18). The van der Waals surface area contributed by atoms with Gasteiger partial charge in [0, 0.05) is 26.2 Å². The molecule has 0 bridgehead atoms. The maximum Gasteiger partial charge on any atom is 0.328 e. The van der Waals surface area contributed by atoms with Crippen molar-refractivity contribution in [1.29, 1.82) is 0 Å². The molecule has 1 aromatic carbocycles. The van der Waals surface area contributed by atoms with Gasteiger partial charge in [0.1, 0.15) is 0 Å².